The van der Waals surface area contributed by atoms with Crippen molar-refractivity contribution in [2.75, 3.05) is 19.0 Å². The minimum absolute atomic E-state index is 0.114. The molecule has 2 aliphatic rings. The summed E-state index contributed by atoms with van der Waals surface area (Å²) in [5.41, 5.74) is 3.80. The molecule has 0 fully saturated rings. The maximum absolute atomic E-state index is 12.5. The van der Waals surface area contributed by atoms with Gasteiger partial charge in [0.1, 0.15) is 0 Å². The number of anilines is 1. The molecule has 1 aromatic heterocycles. The largest absolute Gasteiger partial charge is 0.462 e. The van der Waals surface area contributed by atoms with E-state index in [0.29, 0.717) is 40.1 Å². The van der Waals surface area contributed by atoms with Crippen molar-refractivity contribution in [2.24, 2.45) is 0 Å². The van der Waals surface area contributed by atoms with E-state index < -0.39 is 16.0 Å². The third-order valence-corrected chi connectivity index (χ3v) is 6.41. The lowest BCUT2D eigenvalue weighted by Gasteiger charge is -2.13. The van der Waals surface area contributed by atoms with Gasteiger partial charge in [-0.2, -0.15) is 0 Å². The molecule has 0 spiro atoms. The van der Waals surface area contributed by atoms with Gasteiger partial charge >= 0.3 is 5.97 Å². The zero-order valence-electron chi connectivity index (χ0n) is 14.7. The molecule has 8 nitrogen and oxygen atoms in total. The van der Waals surface area contributed by atoms with Crippen molar-refractivity contribution in [3.05, 3.63) is 46.3 Å². The predicted octanol–water partition coefficient (Wildman–Crippen LogP) is 1.44. The molecule has 4 rings (SSSR count). The number of amides is 1. The van der Waals surface area contributed by atoms with Crippen molar-refractivity contribution in [1.29, 1.82) is 0 Å². The van der Waals surface area contributed by atoms with E-state index in [1.54, 1.807) is 25.3 Å². The summed E-state index contributed by atoms with van der Waals surface area (Å²) in [6, 6.07) is 3.04. The maximum Gasteiger partial charge on any atom is 0.339 e. The van der Waals surface area contributed by atoms with E-state index in [-0.39, 0.29) is 17.4 Å². The van der Waals surface area contributed by atoms with Gasteiger partial charge in [-0.15, -0.1) is 0 Å². The van der Waals surface area contributed by atoms with E-state index >= 15 is 0 Å². The quantitative estimate of drug-likeness (QED) is 0.544. The topological polar surface area (TPSA) is 117 Å². The molecule has 0 saturated heterocycles. The number of aromatic amines is 1. The molecule has 140 valence electrons. The summed E-state index contributed by atoms with van der Waals surface area (Å²) in [5, 5.41) is 2.76. The fraction of sp³-hybridized carbons (Fsp3) is 0.222. The summed E-state index contributed by atoms with van der Waals surface area (Å²) in [6.45, 7) is 1.95. The SMILES string of the molecule is CNS(=O)(=O)c1ccc2c(c1C)C(=Cc1[nH]cc3c1CCOC3=O)C(=O)N2. The lowest BCUT2D eigenvalue weighted by Crippen LogP contribution is -2.20. The van der Waals surface area contributed by atoms with E-state index in [1.807, 2.05) is 0 Å². The number of benzene rings is 1. The Hall–Kier alpha value is -2.91. The van der Waals surface area contributed by atoms with Crippen LogP contribution in [0.3, 0.4) is 0 Å². The minimum Gasteiger partial charge on any atom is -0.462 e. The highest BCUT2D eigenvalue weighted by Gasteiger charge is 2.31. The van der Waals surface area contributed by atoms with Crippen LogP contribution in [0.25, 0.3) is 11.6 Å². The second-order valence-corrected chi connectivity index (χ2v) is 8.17. The molecule has 0 aliphatic carbocycles. The number of carbonyl (C=O) groups is 2. The smallest absolute Gasteiger partial charge is 0.339 e. The molecule has 0 atom stereocenters. The first-order valence-electron chi connectivity index (χ1n) is 8.31. The summed E-state index contributed by atoms with van der Waals surface area (Å²) in [7, 11) is -2.32. The van der Waals surface area contributed by atoms with Crippen molar-refractivity contribution in [3.63, 3.8) is 0 Å². The Morgan fingerprint density at radius 3 is 2.78 bits per heavy atom. The highest BCUT2D eigenvalue weighted by Crippen LogP contribution is 2.38. The molecule has 27 heavy (non-hydrogen) atoms. The third-order valence-electron chi connectivity index (χ3n) is 4.85. The van der Waals surface area contributed by atoms with Crippen LogP contribution in [-0.4, -0.2) is 38.9 Å². The lowest BCUT2D eigenvalue weighted by atomic mass is 9.98. The monoisotopic (exact) mass is 387 g/mol. The Morgan fingerprint density at radius 1 is 1.26 bits per heavy atom. The van der Waals surface area contributed by atoms with E-state index in [9.17, 15) is 18.0 Å². The van der Waals surface area contributed by atoms with E-state index in [1.165, 1.54) is 13.1 Å². The molecule has 1 aromatic carbocycles. The molecular weight excluding hydrogens is 370 g/mol. The van der Waals surface area contributed by atoms with Crippen LogP contribution >= 0.6 is 0 Å². The van der Waals surface area contributed by atoms with Crippen molar-refractivity contribution in [1.82, 2.24) is 9.71 Å². The summed E-state index contributed by atoms with van der Waals surface area (Å²) < 4.78 is 31.8. The summed E-state index contributed by atoms with van der Waals surface area (Å²) in [6.07, 6.45) is 3.76. The average Bonchev–Trinajstić information content (AvgIpc) is 3.18. The molecule has 1 amide bonds. The van der Waals surface area contributed by atoms with Crippen LogP contribution in [-0.2, 0) is 26.0 Å². The average molecular weight is 387 g/mol. The fourth-order valence-electron chi connectivity index (χ4n) is 3.50. The predicted molar refractivity (Wildman–Crippen MR) is 98.7 cm³/mol. The van der Waals surface area contributed by atoms with Gasteiger partial charge in [0.25, 0.3) is 5.91 Å². The number of ether oxygens (including phenoxy) is 1. The van der Waals surface area contributed by atoms with Crippen molar-refractivity contribution >= 4 is 39.2 Å². The fourth-order valence-corrected chi connectivity index (χ4v) is 4.48. The van der Waals surface area contributed by atoms with E-state index in [0.717, 1.165) is 5.56 Å². The summed E-state index contributed by atoms with van der Waals surface area (Å²) >= 11 is 0. The zero-order valence-corrected chi connectivity index (χ0v) is 15.5. The molecule has 0 saturated carbocycles. The van der Waals surface area contributed by atoms with Crippen LogP contribution in [0.2, 0.25) is 0 Å². The molecule has 0 bridgehead atoms. The standard InChI is InChI=1S/C18H17N3O5S/c1-9-15(27(24,25)19-2)4-3-13-16(9)11(17(22)21-13)7-14-10-5-6-26-18(23)12(10)8-20-14/h3-4,7-8,19-20H,5-6H2,1-2H3,(H,21,22). The molecular formula is C18H17N3O5S. The number of hydrogen-bond donors (Lipinski definition) is 3. The van der Waals surface area contributed by atoms with Gasteiger partial charge in [-0.05, 0) is 43.3 Å². The Balaban J connectivity index is 1.88. The first kappa shape index (κ1) is 17.5. The number of aromatic nitrogens is 1. The van der Waals surface area contributed by atoms with Crippen LogP contribution in [0.5, 0.6) is 0 Å². The molecule has 9 heteroatoms. The molecule has 3 N–H and O–H groups in total. The van der Waals surface area contributed by atoms with Gasteiger partial charge in [0.2, 0.25) is 10.0 Å². The van der Waals surface area contributed by atoms with Gasteiger partial charge < -0.3 is 15.0 Å². The van der Waals surface area contributed by atoms with Crippen molar-refractivity contribution in [3.8, 4) is 0 Å². The number of cyclic esters (lactones) is 1. The highest BCUT2D eigenvalue weighted by atomic mass is 32.2. The van der Waals surface area contributed by atoms with Gasteiger partial charge in [-0.1, -0.05) is 0 Å². The normalized spacial score (nSPS) is 17.5. The van der Waals surface area contributed by atoms with Gasteiger partial charge in [0.05, 0.1) is 22.6 Å². The van der Waals surface area contributed by atoms with Gasteiger partial charge in [-0.25, -0.2) is 17.9 Å². The third kappa shape index (κ3) is 2.66. The van der Waals surface area contributed by atoms with Crippen LogP contribution in [0.1, 0.15) is 32.7 Å². The highest BCUT2D eigenvalue weighted by molar-refractivity contribution is 7.89. The molecule has 2 aliphatic heterocycles. The summed E-state index contributed by atoms with van der Waals surface area (Å²) in [5.74, 6) is -0.721. The van der Waals surface area contributed by atoms with Crippen LogP contribution in [0, 0.1) is 6.92 Å². The second kappa shape index (κ2) is 6.07. The first-order valence-corrected chi connectivity index (χ1v) is 9.79. The Kier molecular flexibility index (Phi) is 3.93. The number of rotatable bonds is 3. The lowest BCUT2D eigenvalue weighted by molar-refractivity contribution is -0.110. The van der Waals surface area contributed by atoms with Gasteiger partial charge in [-0.3, -0.25) is 4.79 Å². The maximum atomic E-state index is 12.5. The number of sulfonamides is 1. The number of esters is 1. The number of carbonyl (C=O) groups excluding carboxylic acids is 2. The number of fused-ring (bicyclic) bond motifs is 2. The zero-order chi connectivity index (χ0) is 19.3. The number of hydrogen-bond acceptors (Lipinski definition) is 5. The minimum atomic E-state index is -3.66. The first-order chi connectivity index (χ1) is 12.8. The number of H-pyrrole nitrogens is 1. The molecule has 3 heterocycles. The van der Waals surface area contributed by atoms with Crippen LogP contribution < -0.4 is 10.0 Å². The Morgan fingerprint density at radius 2 is 2.04 bits per heavy atom. The Labute approximate surface area is 155 Å². The van der Waals surface area contributed by atoms with Gasteiger partial charge in [0.15, 0.2) is 0 Å². The number of nitrogens with one attached hydrogen (secondary N) is 3. The summed E-state index contributed by atoms with van der Waals surface area (Å²) in [4.78, 5) is 27.5. The molecule has 2 aromatic rings. The van der Waals surface area contributed by atoms with E-state index in [2.05, 4.69) is 15.0 Å². The van der Waals surface area contributed by atoms with Crippen LogP contribution in [0.15, 0.2) is 23.2 Å². The Bertz CT molecular complexity index is 1130. The van der Waals surface area contributed by atoms with Crippen molar-refractivity contribution in [2.45, 2.75) is 18.2 Å². The van der Waals surface area contributed by atoms with Crippen LogP contribution in [0.4, 0.5) is 5.69 Å². The molecule has 0 unspecified atom stereocenters. The van der Waals surface area contributed by atoms with E-state index in [4.69, 9.17) is 4.74 Å². The second-order valence-electron chi connectivity index (χ2n) is 6.31. The molecule has 0 radical (unpaired) electrons. The van der Waals surface area contributed by atoms with Gasteiger partial charge in [0, 0.05) is 29.6 Å². The van der Waals surface area contributed by atoms with Crippen molar-refractivity contribution < 1.29 is 22.7 Å².